The van der Waals surface area contributed by atoms with Gasteiger partial charge >= 0.3 is 0 Å². The molecule has 0 bridgehead atoms. The molecule has 1 aromatic rings. The summed E-state index contributed by atoms with van der Waals surface area (Å²) in [5, 5.41) is 3.88. The zero-order valence-corrected chi connectivity index (χ0v) is 16.6. The zero-order valence-electron chi connectivity index (χ0n) is 15.8. The summed E-state index contributed by atoms with van der Waals surface area (Å²) in [6, 6.07) is 1.75. The Hall–Kier alpha value is -1.33. The molecular weight excluding hydrogens is 348 g/mol. The van der Waals surface area contributed by atoms with Gasteiger partial charge in [0.2, 0.25) is 0 Å². The van der Waals surface area contributed by atoms with Gasteiger partial charge in [-0.15, -0.1) is 0 Å². The van der Waals surface area contributed by atoms with E-state index in [4.69, 9.17) is 11.6 Å². The van der Waals surface area contributed by atoms with Crippen LogP contribution >= 0.6 is 11.6 Å². The van der Waals surface area contributed by atoms with Gasteiger partial charge in [0.15, 0.2) is 0 Å². The number of carbonyl (C=O) groups is 1. The summed E-state index contributed by atoms with van der Waals surface area (Å²) in [7, 11) is 0. The van der Waals surface area contributed by atoms with E-state index in [0.29, 0.717) is 22.3 Å². The molecule has 1 aromatic heterocycles. The van der Waals surface area contributed by atoms with E-state index in [0.717, 1.165) is 39.0 Å². The van der Waals surface area contributed by atoms with Crippen LogP contribution in [0.25, 0.3) is 0 Å². The zero-order chi connectivity index (χ0) is 18.4. The van der Waals surface area contributed by atoms with E-state index < -0.39 is 0 Å². The summed E-state index contributed by atoms with van der Waals surface area (Å²) in [6.07, 6.45) is 9.04. The first-order valence-electron chi connectivity index (χ1n) is 10.0. The Bertz CT molecular complexity index is 597. The lowest BCUT2D eigenvalue weighted by atomic mass is 10.1. The minimum Gasteiger partial charge on any atom is -0.369 e. The van der Waals surface area contributed by atoms with Crippen molar-refractivity contribution in [1.82, 2.24) is 14.8 Å². The molecule has 1 N–H and O–H groups in total. The molecule has 0 radical (unpaired) electrons. The van der Waals surface area contributed by atoms with Crippen molar-refractivity contribution in [3.05, 3.63) is 22.8 Å². The minimum atomic E-state index is 0.0455. The normalized spacial score (nSPS) is 20.0. The number of piperidine rings is 2. The van der Waals surface area contributed by atoms with Gasteiger partial charge in [0.1, 0.15) is 5.82 Å². The van der Waals surface area contributed by atoms with Crippen LogP contribution in [0.4, 0.5) is 5.82 Å². The Morgan fingerprint density at radius 2 is 1.81 bits per heavy atom. The van der Waals surface area contributed by atoms with Gasteiger partial charge in [0, 0.05) is 32.4 Å². The van der Waals surface area contributed by atoms with Crippen LogP contribution in [0.3, 0.4) is 0 Å². The fourth-order valence-corrected chi connectivity index (χ4v) is 4.12. The Balaban J connectivity index is 1.51. The SMILES string of the molecule is CC(CNc1ncc(C(=O)N2CCCCC2)cc1Cl)CN1CCCCC1. The van der Waals surface area contributed by atoms with E-state index in [1.54, 1.807) is 12.3 Å². The molecular formula is C20H31ClN4O. The van der Waals surface area contributed by atoms with Gasteiger partial charge in [-0.2, -0.15) is 0 Å². The van der Waals surface area contributed by atoms with Crippen LogP contribution in [-0.2, 0) is 0 Å². The smallest absolute Gasteiger partial charge is 0.255 e. The van der Waals surface area contributed by atoms with Crippen molar-refractivity contribution in [2.75, 3.05) is 44.6 Å². The maximum atomic E-state index is 12.6. The molecule has 0 spiro atoms. The summed E-state index contributed by atoms with van der Waals surface area (Å²) < 4.78 is 0. The van der Waals surface area contributed by atoms with E-state index in [1.165, 1.54) is 38.8 Å². The third-order valence-electron chi connectivity index (χ3n) is 5.37. The molecule has 0 aromatic carbocycles. The van der Waals surface area contributed by atoms with Crippen molar-refractivity contribution in [3.63, 3.8) is 0 Å². The largest absolute Gasteiger partial charge is 0.369 e. The molecule has 5 nitrogen and oxygen atoms in total. The number of hydrogen-bond acceptors (Lipinski definition) is 4. The van der Waals surface area contributed by atoms with Crippen LogP contribution in [0, 0.1) is 5.92 Å². The molecule has 0 saturated carbocycles. The van der Waals surface area contributed by atoms with E-state index in [2.05, 4.69) is 22.1 Å². The number of amides is 1. The van der Waals surface area contributed by atoms with Crippen LogP contribution in [0.15, 0.2) is 12.3 Å². The second-order valence-electron chi connectivity index (χ2n) is 7.75. The maximum absolute atomic E-state index is 12.6. The number of aromatic nitrogens is 1. The average molecular weight is 379 g/mol. The third-order valence-corrected chi connectivity index (χ3v) is 5.66. The lowest BCUT2D eigenvalue weighted by molar-refractivity contribution is 0.0724. The number of likely N-dealkylation sites (tertiary alicyclic amines) is 2. The number of pyridine rings is 1. The van der Waals surface area contributed by atoms with E-state index in [-0.39, 0.29) is 5.91 Å². The van der Waals surface area contributed by atoms with Gasteiger partial charge in [-0.1, -0.05) is 24.9 Å². The first-order valence-corrected chi connectivity index (χ1v) is 10.4. The molecule has 1 atom stereocenters. The van der Waals surface area contributed by atoms with E-state index in [1.807, 2.05) is 4.90 Å². The molecule has 1 unspecified atom stereocenters. The quantitative estimate of drug-likeness (QED) is 0.815. The number of hydrogen-bond donors (Lipinski definition) is 1. The molecule has 26 heavy (non-hydrogen) atoms. The van der Waals surface area contributed by atoms with E-state index in [9.17, 15) is 4.79 Å². The van der Waals surface area contributed by atoms with Crippen LogP contribution in [0.5, 0.6) is 0 Å². The topological polar surface area (TPSA) is 48.5 Å². The Labute approximate surface area is 162 Å². The molecule has 6 heteroatoms. The first-order chi connectivity index (χ1) is 12.6. The van der Waals surface area contributed by atoms with Gasteiger partial charge in [-0.3, -0.25) is 4.79 Å². The van der Waals surface area contributed by atoms with Crippen molar-refractivity contribution in [2.24, 2.45) is 5.92 Å². The number of anilines is 1. The molecule has 144 valence electrons. The van der Waals surface area contributed by atoms with E-state index >= 15 is 0 Å². The minimum absolute atomic E-state index is 0.0455. The van der Waals surface area contributed by atoms with Crippen LogP contribution in [-0.4, -0.2) is 60.0 Å². The predicted molar refractivity (Wildman–Crippen MR) is 107 cm³/mol. The van der Waals surface area contributed by atoms with Gasteiger partial charge in [-0.05, 0) is 57.2 Å². The summed E-state index contributed by atoms with van der Waals surface area (Å²) in [5.41, 5.74) is 0.587. The highest BCUT2D eigenvalue weighted by Crippen LogP contribution is 2.22. The third kappa shape index (κ3) is 5.34. The van der Waals surface area contributed by atoms with Gasteiger partial charge in [0.05, 0.1) is 10.6 Å². The number of halogens is 1. The Morgan fingerprint density at radius 1 is 1.15 bits per heavy atom. The fourth-order valence-electron chi connectivity index (χ4n) is 3.88. The number of carbonyl (C=O) groups excluding carboxylic acids is 1. The van der Waals surface area contributed by atoms with Crippen molar-refractivity contribution >= 4 is 23.3 Å². The molecule has 2 aliphatic heterocycles. The Kier molecular flexibility index (Phi) is 7.15. The highest BCUT2D eigenvalue weighted by atomic mass is 35.5. The summed E-state index contributed by atoms with van der Waals surface area (Å²) in [6.45, 7) is 8.31. The number of nitrogens with zero attached hydrogens (tertiary/aromatic N) is 3. The predicted octanol–water partition coefficient (Wildman–Crippen LogP) is 3.90. The lowest BCUT2D eigenvalue weighted by Crippen LogP contribution is -2.35. The monoisotopic (exact) mass is 378 g/mol. The average Bonchev–Trinajstić information content (AvgIpc) is 2.68. The molecule has 3 heterocycles. The van der Waals surface area contributed by atoms with Crippen LogP contribution in [0.1, 0.15) is 55.8 Å². The van der Waals surface area contributed by atoms with Crippen LogP contribution < -0.4 is 5.32 Å². The molecule has 2 fully saturated rings. The van der Waals surface area contributed by atoms with Gasteiger partial charge < -0.3 is 15.1 Å². The molecule has 0 aliphatic carbocycles. The molecule has 3 rings (SSSR count). The van der Waals surface area contributed by atoms with Crippen LogP contribution in [0.2, 0.25) is 5.02 Å². The second kappa shape index (κ2) is 9.56. The summed E-state index contributed by atoms with van der Waals surface area (Å²) >= 11 is 6.38. The highest BCUT2D eigenvalue weighted by molar-refractivity contribution is 6.33. The van der Waals surface area contributed by atoms with Gasteiger partial charge in [-0.25, -0.2) is 4.98 Å². The second-order valence-corrected chi connectivity index (χ2v) is 8.16. The molecule has 2 aliphatic rings. The number of rotatable bonds is 6. The molecule has 2 saturated heterocycles. The maximum Gasteiger partial charge on any atom is 0.255 e. The van der Waals surface area contributed by atoms with Crippen molar-refractivity contribution in [1.29, 1.82) is 0 Å². The van der Waals surface area contributed by atoms with Crippen molar-refractivity contribution < 1.29 is 4.79 Å². The standard InChI is InChI=1S/C20H31ClN4O/c1-16(15-24-8-4-2-5-9-24)13-22-19-18(21)12-17(14-23-19)20(26)25-10-6-3-7-11-25/h12,14,16H,2-11,13,15H2,1H3,(H,22,23). The number of nitrogens with one attached hydrogen (secondary N) is 1. The lowest BCUT2D eigenvalue weighted by Gasteiger charge is -2.29. The fraction of sp³-hybridized carbons (Fsp3) is 0.700. The summed E-state index contributed by atoms with van der Waals surface area (Å²) in [4.78, 5) is 21.4. The van der Waals surface area contributed by atoms with Gasteiger partial charge in [0.25, 0.3) is 5.91 Å². The van der Waals surface area contributed by atoms with Crippen molar-refractivity contribution in [2.45, 2.75) is 45.4 Å². The summed E-state index contributed by atoms with van der Waals surface area (Å²) in [5.74, 6) is 1.25. The Morgan fingerprint density at radius 3 is 2.46 bits per heavy atom. The molecule has 1 amide bonds. The van der Waals surface area contributed by atoms with Crippen molar-refractivity contribution in [3.8, 4) is 0 Å². The first kappa shape index (κ1) is 19.4. The highest BCUT2D eigenvalue weighted by Gasteiger charge is 2.20.